The van der Waals surface area contributed by atoms with Crippen LogP contribution in [0, 0.1) is 0 Å². The van der Waals surface area contributed by atoms with E-state index in [0.29, 0.717) is 36.0 Å². The first-order valence-electron chi connectivity index (χ1n) is 25.7. The van der Waals surface area contributed by atoms with E-state index in [9.17, 15) is 9.60 Å². The van der Waals surface area contributed by atoms with E-state index >= 15 is 0 Å². The molecule has 1 heteroatoms. The van der Waals surface area contributed by atoms with E-state index in [1.807, 2.05) is 109 Å². The Hall–Kier alpha value is -7.74. The van der Waals surface area contributed by atoms with Gasteiger partial charge in [0.1, 0.15) is 0 Å². The smallest absolute Gasteiger partial charge is 0.0714 e. The highest BCUT2D eigenvalue weighted by atomic mass is 15.2. The van der Waals surface area contributed by atoms with Crippen LogP contribution >= 0.6 is 0 Å². The van der Waals surface area contributed by atoms with E-state index in [0.717, 1.165) is 66.1 Å². The molecule has 64 heavy (non-hydrogen) atoms. The van der Waals surface area contributed by atoms with E-state index in [2.05, 4.69) is 91.0 Å². The van der Waals surface area contributed by atoms with Crippen molar-refractivity contribution in [1.82, 2.24) is 0 Å². The van der Waals surface area contributed by atoms with Gasteiger partial charge in [-0.15, -0.1) is 0 Å². The maximum absolute atomic E-state index is 10.7. The van der Waals surface area contributed by atoms with Crippen LogP contribution in [0.15, 0.2) is 243 Å². The number of hydrogen-bond acceptors (Lipinski definition) is 1. The molecule has 0 heterocycles. The van der Waals surface area contributed by atoms with Crippen molar-refractivity contribution in [2.75, 3.05) is 4.90 Å². The van der Waals surface area contributed by atoms with Gasteiger partial charge in [-0.2, -0.15) is 0 Å². The summed E-state index contributed by atoms with van der Waals surface area (Å²) in [5.74, 6) is 0. The molecule has 304 valence electrons. The van der Waals surface area contributed by atoms with E-state index in [-0.39, 0.29) is 59.2 Å². The Labute approximate surface area is 386 Å². The van der Waals surface area contributed by atoms with Crippen LogP contribution in [0.2, 0.25) is 0 Å². The molecule has 0 fully saturated rings. The van der Waals surface area contributed by atoms with Gasteiger partial charge >= 0.3 is 0 Å². The summed E-state index contributed by atoms with van der Waals surface area (Å²) in [5, 5.41) is 4.52. The molecule has 0 radical (unpaired) electrons. The summed E-state index contributed by atoms with van der Waals surface area (Å²) in [6.45, 7) is 0. The Morgan fingerprint density at radius 1 is 0.484 bits per heavy atom. The van der Waals surface area contributed by atoms with Crippen molar-refractivity contribution >= 4 is 49.6 Å². The largest absolute Gasteiger partial charge is 0.334 e. The second-order valence-corrected chi connectivity index (χ2v) is 16.9. The molecular weight excluding hydrogens is 771 g/mol. The standard InChI is InChI=1S/C63H47N/c1-4-16-44(17-5-1)45-28-30-46(31-29-45)47-32-36-52(37-33-47)64(53-38-34-48(35-39-53)60-42-49-18-10-11-23-55(49)56-24-12-13-25-57(56)60)54-40-41-59-58-26-14-15-27-61(58)63(62(59)43-54,50-19-6-2-7-20-50)51-21-8-3-9-22-51/h1-28,30,32-38,40-43,53H,29,31,39H2/i32D,33D,36D,37D,40D,41D,43D. The summed E-state index contributed by atoms with van der Waals surface area (Å²) in [6, 6.07) is 55.2. The van der Waals surface area contributed by atoms with Crippen molar-refractivity contribution in [3.05, 3.63) is 281 Å². The van der Waals surface area contributed by atoms with Crippen LogP contribution in [-0.2, 0) is 5.41 Å². The van der Waals surface area contributed by atoms with Crippen LogP contribution in [-0.4, -0.2) is 6.04 Å². The van der Waals surface area contributed by atoms with Crippen LogP contribution in [0.25, 0.3) is 49.4 Å². The van der Waals surface area contributed by atoms with Crippen LogP contribution in [0.1, 0.15) is 67.8 Å². The summed E-state index contributed by atoms with van der Waals surface area (Å²) >= 11 is 0. The van der Waals surface area contributed by atoms with Gasteiger partial charge in [-0.05, 0) is 138 Å². The lowest BCUT2D eigenvalue weighted by molar-refractivity contribution is 0.761. The average molecular weight is 825 g/mol. The summed E-state index contributed by atoms with van der Waals surface area (Å²) in [4.78, 5) is 1.68. The third-order valence-electron chi connectivity index (χ3n) is 13.4. The van der Waals surface area contributed by atoms with Crippen LogP contribution in [0.5, 0.6) is 0 Å². The van der Waals surface area contributed by atoms with Gasteiger partial charge < -0.3 is 4.90 Å². The summed E-state index contributed by atoms with van der Waals surface area (Å²) < 4.78 is 70.0. The zero-order valence-electron chi connectivity index (χ0n) is 42.2. The fourth-order valence-electron chi connectivity index (χ4n) is 10.4. The van der Waals surface area contributed by atoms with Gasteiger partial charge in [0.25, 0.3) is 0 Å². The van der Waals surface area contributed by atoms with Gasteiger partial charge in [-0.1, -0.05) is 212 Å². The molecule has 0 aromatic heterocycles. The molecule has 1 atom stereocenters. The zero-order valence-corrected chi connectivity index (χ0v) is 35.2. The number of anilines is 2. The molecule has 0 bridgehead atoms. The van der Waals surface area contributed by atoms with Crippen LogP contribution in [0.3, 0.4) is 0 Å². The highest BCUT2D eigenvalue weighted by Crippen LogP contribution is 2.57. The minimum atomic E-state index is -1.08. The van der Waals surface area contributed by atoms with Crippen LogP contribution < -0.4 is 4.90 Å². The minimum Gasteiger partial charge on any atom is -0.334 e. The monoisotopic (exact) mass is 824 g/mol. The lowest BCUT2D eigenvalue weighted by Gasteiger charge is -2.36. The van der Waals surface area contributed by atoms with Crippen molar-refractivity contribution < 1.29 is 9.60 Å². The SMILES string of the molecule is [2H]c1c([2H])c(N(c2c([2H])c([2H])c3c(c2[2H])C(c2ccccc2)(c2ccccc2)c2ccccc2-3)C2C=CC(c3cc4ccccc4c4ccccc34)=CC2)c([2H])c([2H])c1C1=CC=C(c2ccccc2)CC1. The maximum atomic E-state index is 10.7. The van der Waals surface area contributed by atoms with Crippen molar-refractivity contribution in [2.45, 2.75) is 30.7 Å². The molecule has 12 rings (SSSR count). The Bertz CT molecular complexity index is 3690. The highest BCUT2D eigenvalue weighted by Gasteiger charge is 2.46. The van der Waals surface area contributed by atoms with E-state index in [1.54, 1.807) is 4.90 Å². The maximum Gasteiger partial charge on any atom is 0.0714 e. The van der Waals surface area contributed by atoms with E-state index in [1.165, 1.54) is 0 Å². The first-order chi connectivity index (χ1) is 34.7. The van der Waals surface area contributed by atoms with Gasteiger partial charge in [0.15, 0.2) is 0 Å². The average Bonchev–Trinajstić information content (AvgIpc) is 3.75. The molecular formula is C63H47N. The number of nitrogens with zero attached hydrogens (tertiary/aromatic N) is 1. The molecule has 0 saturated carbocycles. The van der Waals surface area contributed by atoms with E-state index in [4.69, 9.17) is 0 Å². The molecule has 9 aromatic rings. The third kappa shape index (κ3) is 6.30. The molecule has 0 N–H and O–H groups in total. The second kappa shape index (κ2) is 15.9. The lowest BCUT2D eigenvalue weighted by atomic mass is 9.67. The predicted molar refractivity (Wildman–Crippen MR) is 271 cm³/mol. The quantitative estimate of drug-likeness (QED) is 0.138. The molecule has 0 spiro atoms. The number of hydrogen-bond donors (Lipinski definition) is 0. The second-order valence-electron chi connectivity index (χ2n) is 16.9. The number of rotatable bonds is 8. The molecule has 3 aliphatic rings. The lowest BCUT2D eigenvalue weighted by Crippen LogP contribution is -2.31. The van der Waals surface area contributed by atoms with Gasteiger partial charge in [-0.25, -0.2) is 0 Å². The predicted octanol–water partition coefficient (Wildman–Crippen LogP) is 16.2. The summed E-state index contributed by atoms with van der Waals surface area (Å²) in [7, 11) is 0. The van der Waals surface area contributed by atoms with Gasteiger partial charge in [0, 0.05) is 11.4 Å². The third-order valence-corrected chi connectivity index (χ3v) is 13.4. The number of allylic oxidation sites excluding steroid dienone is 6. The van der Waals surface area contributed by atoms with Crippen molar-refractivity contribution in [3.8, 4) is 11.1 Å². The highest BCUT2D eigenvalue weighted by molar-refractivity contribution is 6.12. The van der Waals surface area contributed by atoms with Gasteiger partial charge in [-0.3, -0.25) is 0 Å². The molecule has 0 aliphatic heterocycles. The Balaban J connectivity index is 1.09. The minimum absolute atomic E-state index is 0.0110. The van der Waals surface area contributed by atoms with Gasteiger partial charge in [0.05, 0.1) is 21.1 Å². The normalized spacial score (nSPS) is 17.7. The Morgan fingerprint density at radius 2 is 1.08 bits per heavy atom. The van der Waals surface area contributed by atoms with E-state index < -0.39 is 11.5 Å². The van der Waals surface area contributed by atoms with Crippen molar-refractivity contribution in [2.24, 2.45) is 0 Å². The first-order valence-corrected chi connectivity index (χ1v) is 22.2. The molecule has 0 amide bonds. The zero-order chi connectivity index (χ0) is 48.5. The molecule has 3 aliphatic carbocycles. The molecule has 1 nitrogen and oxygen atoms in total. The topological polar surface area (TPSA) is 3.24 Å². The first kappa shape index (κ1) is 31.2. The van der Waals surface area contributed by atoms with Gasteiger partial charge in [0.2, 0.25) is 0 Å². The number of benzene rings is 9. The Kier molecular flexibility index (Phi) is 7.72. The number of fused-ring (bicyclic) bond motifs is 6. The molecule has 1 unspecified atom stereocenters. The van der Waals surface area contributed by atoms with Crippen LogP contribution in [0.4, 0.5) is 11.4 Å². The Morgan fingerprint density at radius 3 is 1.77 bits per heavy atom. The molecule has 0 saturated heterocycles. The fourth-order valence-corrected chi connectivity index (χ4v) is 10.4. The van der Waals surface area contributed by atoms with Crippen molar-refractivity contribution in [1.29, 1.82) is 0 Å². The summed E-state index contributed by atoms with van der Waals surface area (Å²) in [6.07, 6.45) is 11.7. The fraction of sp³-hybridized carbons (Fsp3) is 0.0794. The van der Waals surface area contributed by atoms with Crippen molar-refractivity contribution in [3.63, 3.8) is 0 Å². The summed E-state index contributed by atoms with van der Waals surface area (Å²) in [5.41, 5.74) is 8.67. The molecule has 9 aromatic carbocycles.